The predicted molar refractivity (Wildman–Crippen MR) is 206 cm³/mol. The molecule has 2 fully saturated rings. The number of benzene rings is 1. The van der Waals surface area contributed by atoms with Gasteiger partial charge in [-0.2, -0.15) is 0 Å². The van der Waals surface area contributed by atoms with Crippen molar-refractivity contribution < 1.29 is 19.1 Å². The van der Waals surface area contributed by atoms with Crippen molar-refractivity contribution in [2.24, 2.45) is 11.8 Å². The molecule has 0 bridgehead atoms. The van der Waals surface area contributed by atoms with Crippen LogP contribution in [0.2, 0.25) is 0 Å². The lowest BCUT2D eigenvalue weighted by Gasteiger charge is -2.34. The number of rotatable bonds is 11. The highest BCUT2D eigenvalue weighted by Crippen LogP contribution is 2.42. The van der Waals surface area contributed by atoms with E-state index in [1.165, 1.54) is 18.2 Å². The van der Waals surface area contributed by atoms with Crippen molar-refractivity contribution in [1.82, 2.24) is 40.0 Å². The zero-order valence-electron chi connectivity index (χ0n) is 32.7. The number of hydrogen-bond acceptors (Lipinski definition) is 7. The van der Waals surface area contributed by atoms with Gasteiger partial charge in [-0.15, -0.1) is 0 Å². The Kier molecular flexibility index (Phi) is 11.5. The number of aromatic amines is 2. The number of carbonyl (C=O) groups is 3. The second kappa shape index (κ2) is 15.9. The summed E-state index contributed by atoms with van der Waals surface area (Å²) in [6, 6.07) is 7.76. The maximum Gasteiger partial charge on any atom is 0.407 e. The molecule has 53 heavy (non-hydrogen) atoms. The van der Waals surface area contributed by atoms with Crippen LogP contribution >= 0.6 is 0 Å². The Morgan fingerprint density at radius 2 is 1.47 bits per heavy atom. The predicted octanol–water partition coefficient (Wildman–Crippen LogP) is 6.62. The summed E-state index contributed by atoms with van der Waals surface area (Å²) >= 11 is 0. The number of alkyl carbamates (subject to hydrolysis) is 1. The van der Waals surface area contributed by atoms with Crippen LogP contribution in [0.1, 0.15) is 115 Å². The van der Waals surface area contributed by atoms with E-state index in [2.05, 4.69) is 66.4 Å². The van der Waals surface area contributed by atoms with E-state index < -0.39 is 12.1 Å². The molecule has 12 heteroatoms. The van der Waals surface area contributed by atoms with Crippen LogP contribution in [0.25, 0.3) is 16.8 Å². The number of hydrogen-bond donors (Lipinski definition) is 3. The van der Waals surface area contributed by atoms with Crippen molar-refractivity contribution in [2.75, 3.05) is 34.3 Å². The summed E-state index contributed by atoms with van der Waals surface area (Å²) in [6.07, 6.45) is 12.0. The number of nitrogens with one attached hydrogen (secondary N) is 3. The van der Waals surface area contributed by atoms with E-state index in [4.69, 9.17) is 14.7 Å². The molecule has 6 rings (SSSR count). The SMILES string of the molecule is COC(=O)N[C@H](C(=O)N1CCC[C@H]1c1ncc(-c2ccc(C3(C)CC=C(c4cnc([C@@H]5CCCN5C(=O)[C@H](C(C)C)N(C)C)[nH]4)CC3)cc2)[nH]1)C(C)C. The van der Waals surface area contributed by atoms with Crippen LogP contribution in [-0.2, 0) is 19.7 Å². The first kappa shape index (κ1) is 38.3. The highest BCUT2D eigenvalue weighted by Gasteiger charge is 2.39. The van der Waals surface area contributed by atoms with Gasteiger partial charge in [-0.05, 0) is 93.0 Å². The van der Waals surface area contributed by atoms with Crippen LogP contribution in [-0.4, -0.2) is 98.9 Å². The largest absolute Gasteiger partial charge is 0.453 e. The number of H-pyrrole nitrogens is 2. The molecule has 2 aromatic heterocycles. The number of imidazole rings is 2. The molecule has 2 saturated heterocycles. The Morgan fingerprint density at radius 1 is 0.887 bits per heavy atom. The first-order chi connectivity index (χ1) is 25.3. The average Bonchev–Trinajstić information content (AvgIpc) is 3.97. The number of likely N-dealkylation sites (tertiary alicyclic amines) is 2. The molecule has 5 atom stereocenters. The van der Waals surface area contributed by atoms with Crippen molar-refractivity contribution >= 4 is 23.5 Å². The lowest BCUT2D eigenvalue weighted by molar-refractivity contribution is -0.138. The fourth-order valence-electron chi connectivity index (χ4n) is 8.62. The normalized spacial score (nSPS) is 23.1. The minimum Gasteiger partial charge on any atom is -0.453 e. The second-order valence-electron chi connectivity index (χ2n) is 16.3. The maximum absolute atomic E-state index is 13.6. The number of likely N-dealkylation sites (N-methyl/N-ethyl adjacent to an activating group) is 1. The quantitative estimate of drug-likeness (QED) is 0.202. The van der Waals surface area contributed by atoms with E-state index in [9.17, 15) is 14.4 Å². The van der Waals surface area contributed by atoms with E-state index in [1.54, 1.807) is 0 Å². The molecular weight excluding hydrogens is 669 g/mol. The number of amides is 3. The smallest absolute Gasteiger partial charge is 0.407 e. The average molecular weight is 727 g/mol. The summed E-state index contributed by atoms with van der Waals surface area (Å²) in [6.45, 7) is 11.8. The van der Waals surface area contributed by atoms with Crippen molar-refractivity contribution in [3.05, 3.63) is 65.6 Å². The zero-order chi connectivity index (χ0) is 38.0. The van der Waals surface area contributed by atoms with Crippen LogP contribution in [0, 0.1) is 11.8 Å². The third kappa shape index (κ3) is 7.93. The Bertz CT molecular complexity index is 1780. The number of nitrogens with zero attached hydrogens (tertiary/aromatic N) is 5. The molecule has 0 spiro atoms. The van der Waals surface area contributed by atoms with E-state index in [-0.39, 0.29) is 47.2 Å². The number of allylic oxidation sites excluding steroid dienone is 2. The molecule has 4 heterocycles. The zero-order valence-corrected chi connectivity index (χ0v) is 32.7. The topological polar surface area (TPSA) is 140 Å². The van der Waals surface area contributed by atoms with Crippen LogP contribution in [0.5, 0.6) is 0 Å². The fourth-order valence-corrected chi connectivity index (χ4v) is 8.62. The fraction of sp³-hybridized carbons (Fsp3) is 0.585. The van der Waals surface area contributed by atoms with E-state index in [0.717, 1.165) is 80.1 Å². The van der Waals surface area contributed by atoms with Gasteiger partial charge >= 0.3 is 6.09 Å². The summed E-state index contributed by atoms with van der Waals surface area (Å²) < 4.78 is 4.77. The van der Waals surface area contributed by atoms with Crippen LogP contribution < -0.4 is 5.32 Å². The number of carbonyl (C=O) groups excluding carboxylic acids is 3. The summed E-state index contributed by atoms with van der Waals surface area (Å²) in [5.41, 5.74) is 5.60. The van der Waals surface area contributed by atoms with E-state index in [1.807, 2.05) is 55.0 Å². The summed E-state index contributed by atoms with van der Waals surface area (Å²) in [4.78, 5) is 61.6. The Hall–Kier alpha value is -4.45. The molecule has 2 aliphatic heterocycles. The first-order valence-electron chi connectivity index (χ1n) is 19.3. The summed E-state index contributed by atoms with van der Waals surface area (Å²) in [5.74, 6) is 1.87. The van der Waals surface area contributed by atoms with Gasteiger partial charge in [-0.25, -0.2) is 14.8 Å². The molecule has 1 aromatic carbocycles. The lowest BCUT2D eigenvalue weighted by atomic mass is 9.71. The first-order valence-corrected chi connectivity index (χ1v) is 19.3. The molecule has 12 nitrogen and oxygen atoms in total. The highest BCUT2D eigenvalue weighted by atomic mass is 16.5. The molecule has 3 N–H and O–H groups in total. The van der Waals surface area contributed by atoms with Crippen molar-refractivity contribution in [3.63, 3.8) is 0 Å². The second-order valence-corrected chi connectivity index (χ2v) is 16.3. The number of ether oxygens (including phenoxy) is 1. The van der Waals surface area contributed by atoms with Crippen LogP contribution in [0.15, 0.2) is 42.7 Å². The van der Waals surface area contributed by atoms with Crippen molar-refractivity contribution in [1.29, 1.82) is 0 Å². The third-order valence-corrected chi connectivity index (χ3v) is 11.7. The molecule has 3 aliphatic rings. The van der Waals surface area contributed by atoms with Gasteiger partial charge in [0, 0.05) is 13.1 Å². The van der Waals surface area contributed by atoms with Gasteiger partial charge in [-0.3, -0.25) is 14.5 Å². The Balaban J connectivity index is 1.10. The lowest BCUT2D eigenvalue weighted by Crippen LogP contribution is -2.51. The molecule has 1 aliphatic carbocycles. The number of aromatic nitrogens is 4. The third-order valence-electron chi connectivity index (χ3n) is 11.7. The van der Waals surface area contributed by atoms with Gasteiger partial charge in [0.25, 0.3) is 0 Å². The van der Waals surface area contributed by atoms with E-state index in [0.29, 0.717) is 6.54 Å². The summed E-state index contributed by atoms with van der Waals surface area (Å²) in [5, 5.41) is 2.71. The molecule has 1 unspecified atom stereocenters. The van der Waals surface area contributed by atoms with Gasteiger partial charge in [0.2, 0.25) is 11.8 Å². The van der Waals surface area contributed by atoms with E-state index >= 15 is 0 Å². The summed E-state index contributed by atoms with van der Waals surface area (Å²) in [7, 11) is 5.27. The monoisotopic (exact) mass is 726 g/mol. The molecule has 3 aromatic rings. The van der Waals surface area contributed by atoms with Gasteiger partial charge in [0.15, 0.2) is 0 Å². The minimum atomic E-state index is -0.667. The Labute approximate surface area is 314 Å². The van der Waals surface area contributed by atoms with Crippen LogP contribution in [0.3, 0.4) is 0 Å². The molecule has 0 radical (unpaired) electrons. The Morgan fingerprint density at radius 3 is 2.00 bits per heavy atom. The van der Waals surface area contributed by atoms with Gasteiger partial charge in [-0.1, -0.05) is 65.0 Å². The molecule has 3 amide bonds. The van der Waals surface area contributed by atoms with Crippen molar-refractivity contribution in [3.8, 4) is 11.3 Å². The van der Waals surface area contributed by atoms with Crippen molar-refractivity contribution in [2.45, 2.75) is 109 Å². The minimum absolute atomic E-state index is 0.00658. The van der Waals surface area contributed by atoms with Gasteiger partial charge < -0.3 is 29.8 Å². The van der Waals surface area contributed by atoms with Gasteiger partial charge in [0.05, 0.1) is 49.0 Å². The maximum atomic E-state index is 13.6. The molecule has 286 valence electrons. The van der Waals surface area contributed by atoms with Gasteiger partial charge in [0.1, 0.15) is 17.7 Å². The number of methoxy groups -OCH3 is 1. The van der Waals surface area contributed by atoms with Crippen LogP contribution in [0.4, 0.5) is 4.79 Å². The standard InChI is InChI=1S/C41H58N8O4/c1-25(2)34(46-40(52)53-8)38(50)48-21-9-11-32(48)36-42-23-30(44-36)27-13-15-29(16-14-27)41(5)19-17-28(18-20-41)31-24-43-37(45-31)33-12-10-22-49(33)39(51)35(26(3)4)47(6)7/h13-17,23-26,32-35H,9-12,18-22H2,1-8H3,(H,42,44)(H,43,45)(H,46,52)/t32-,33-,34-,35-,41?/m0/s1. The molecule has 0 saturated carbocycles. The highest BCUT2D eigenvalue weighted by molar-refractivity contribution is 5.86. The molecular formula is C41H58N8O4.